The predicted octanol–water partition coefficient (Wildman–Crippen LogP) is 3.57. The molecule has 16 heavy (non-hydrogen) atoms. The summed E-state index contributed by atoms with van der Waals surface area (Å²) in [6.45, 7) is 4.49. The summed E-state index contributed by atoms with van der Waals surface area (Å²) in [4.78, 5) is 8.57. The number of hydrogen-bond donors (Lipinski definition) is 0. The topological polar surface area (TPSA) is 30.7 Å². The van der Waals surface area contributed by atoms with Crippen LogP contribution in [-0.4, -0.2) is 14.5 Å². The summed E-state index contributed by atoms with van der Waals surface area (Å²) in [5.74, 6) is 0. The minimum absolute atomic E-state index is 0.515. The maximum absolute atomic E-state index is 4.32. The van der Waals surface area contributed by atoms with Gasteiger partial charge in [-0.2, -0.15) is 0 Å². The second-order valence-electron chi connectivity index (χ2n) is 4.34. The van der Waals surface area contributed by atoms with Crippen LogP contribution in [0.25, 0.3) is 11.2 Å². The summed E-state index contributed by atoms with van der Waals surface area (Å²) >= 11 is 0. The molecule has 0 aliphatic carbocycles. The first-order valence-corrected chi connectivity index (χ1v) is 6.10. The molecule has 0 radical (unpaired) electrons. The fourth-order valence-electron chi connectivity index (χ4n) is 2.05. The lowest BCUT2D eigenvalue weighted by molar-refractivity contribution is 0.487. The lowest BCUT2D eigenvalue weighted by Crippen LogP contribution is -2.03. The molecular weight excluding hydrogens is 198 g/mol. The fraction of sp³-hybridized carbons (Fsp3) is 0.538. The van der Waals surface area contributed by atoms with Gasteiger partial charge in [0.1, 0.15) is 0 Å². The second kappa shape index (κ2) is 5.10. The van der Waals surface area contributed by atoms with Gasteiger partial charge in [-0.15, -0.1) is 0 Å². The third kappa shape index (κ3) is 2.23. The number of unbranched alkanes of at least 4 members (excludes halogenated alkanes) is 2. The highest BCUT2D eigenvalue weighted by atomic mass is 15.1. The van der Waals surface area contributed by atoms with E-state index in [1.54, 1.807) is 6.20 Å². The smallest absolute Gasteiger partial charge is 0.177 e. The Hall–Kier alpha value is -1.38. The van der Waals surface area contributed by atoms with Gasteiger partial charge in [0.25, 0.3) is 0 Å². The van der Waals surface area contributed by atoms with E-state index in [4.69, 9.17) is 0 Å². The van der Waals surface area contributed by atoms with Crippen LogP contribution in [0.4, 0.5) is 0 Å². The fourth-order valence-corrected chi connectivity index (χ4v) is 2.05. The number of pyridine rings is 1. The lowest BCUT2D eigenvalue weighted by Gasteiger charge is -2.13. The molecule has 2 rings (SSSR count). The molecule has 3 heteroatoms. The van der Waals surface area contributed by atoms with Crippen LogP contribution in [-0.2, 0) is 0 Å². The van der Waals surface area contributed by atoms with E-state index in [1.165, 1.54) is 25.7 Å². The minimum Gasteiger partial charge on any atom is -0.326 e. The van der Waals surface area contributed by atoms with E-state index < -0.39 is 0 Å². The Morgan fingerprint density at radius 1 is 1.31 bits per heavy atom. The molecule has 86 valence electrons. The summed E-state index contributed by atoms with van der Waals surface area (Å²) in [6, 6.07) is 4.58. The number of hydrogen-bond acceptors (Lipinski definition) is 2. The number of imidazole rings is 1. The van der Waals surface area contributed by atoms with E-state index in [9.17, 15) is 0 Å². The quantitative estimate of drug-likeness (QED) is 0.717. The Labute approximate surface area is 96.5 Å². The zero-order valence-corrected chi connectivity index (χ0v) is 10.1. The van der Waals surface area contributed by atoms with Crippen molar-refractivity contribution in [2.75, 3.05) is 0 Å². The van der Waals surface area contributed by atoms with E-state index in [0.29, 0.717) is 6.04 Å². The maximum Gasteiger partial charge on any atom is 0.177 e. The van der Waals surface area contributed by atoms with Gasteiger partial charge in [0.2, 0.25) is 0 Å². The van der Waals surface area contributed by atoms with Crippen molar-refractivity contribution >= 4 is 11.2 Å². The van der Waals surface area contributed by atoms with Crippen molar-refractivity contribution in [2.24, 2.45) is 0 Å². The van der Waals surface area contributed by atoms with Crippen molar-refractivity contribution in [3.05, 3.63) is 24.7 Å². The van der Waals surface area contributed by atoms with Gasteiger partial charge >= 0.3 is 0 Å². The van der Waals surface area contributed by atoms with Crippen LogP contribution in [0, 0.1) is 0 Å². The highest BCUT2D eigenvalue weighted by Crippen LogP contribution is 2.20. The number of fused-ring (bicyclic) bond motifs is 1. The van der Waals surface area contributed by atoms with Crippen molar-refractivity contribution in [1.82, 2.24) is 14.5 Å². The van der Waals surface area contributed by atoms with Gasteiger partial charge in [0.15, 0.2) is 5.65 Å². The zero-order valence-electron chi connectivity index (χ0n) is 10.1. The molecule has 1 atom stereocenters. The predicted molar refractivity (Wildman–Crippen MR) is 66.4 cm³/mol. The maximum atomic E-state index is 4.32. The molecule has 0 aliphatic heterocycles. The van der Waals surface area contributed by atoms with E-state index >= 15 is 0 Å². The molecule has 0 saturated heterocycles. The molecule has 2 heterocycles. The largest absolute Gasteiger partial charge is 0.326 e. The molecule has 1 unspecified atom stereocenters. The number of nitrogens with zero attached hydrogens (tertiary/aromatic N) is 3. The molecule has 0 saturated carbocycles. The van der Waals surface area contributed by atoms with E-state index in [2.05, 4.69) is 34.4 Å². The van der Waals surface area contributed by atoms with E-state index in [0.717, 1.165) is 11.2 Å². The SMILES string of the molecule is CCCCCC(C)n1cnc2ncccc21. The first kappa shape index (κ1) is 11.1. The van der Waals surface area contributed by atoms with Gasteiger partial charge in [-0.1, -0.05) is 26.2 Å². The van der Waals surface area contributed by atoms with Crippen molar-refractivity contribution in [3.8, 4) is 0 Å². The second-order valence-corrected chi connectivity index (χ2v) is 4.34. The van der Waals surface area contributed by atoms with Crippen LogP contribution in [0.1, 0.15) is 45.6 Å². The molecule has 2 aromatic heterocycles. The molecule has 0 aliphatic rings. The van der Waals surface area contributed by atoms with E-state index in [1.807, 2.05) is 12.4 Å². The Balaban J connectivity index is 2.13. The zero-order chi connectivity index (χ0) is 11.4. The Bertz CT molecular complexity index is 447. The van der Waals surface area contributed by atoms with Crippen LogP contribution in [0.3, 0.4) is 0 Å². The normalized spacial score (nSPS) is 13.1. The van der Waals surface area contributed by atoms with Crippen LogP contribution in [0.2, 0.25) is 0 Å². The van der Waals surface area contributed by atoms with Crippen LogP contribution < -0.4 is 0 Å². The van der Waals surface area contributed by atoms with Crippen LogP contribution in [0.5, 0.6) is 0 Å². The molecule has 0 amide bonds. The van der Waals surface area contributed by atoms with Crippen molar-refractivity contribution in [1.29, 1.82) is 0 Å². The van der Waals surface area contributed by atoms with Crippen LogP contribution in [0.15, 0.2) is 24.7 Å². The van der Waals surface area contributed by atoms with Gasteiger partial charge in [-0.25, -0.2) is 9.97 Å². The Morgan fingerprint density at radius 2 is 2.19 bits per heavy atom. The van der Waals surface area contributed by atoms with Crippen molar-refractivity contribution < 1.29 is 0 Å². The van der Waals surface area contributed by atoms with Gasteiger partial charge in [0, 0.05) is 12.2 Å². The summed E-state index contributed by atoms with van der Waals surface area (Å²) < 4.78 is 2.23. The van der Waals surface area contributed by atoms with Gasteiger partial charge in [-0.3, -0.25) is 0 Å². The summed E-state index contributed by atoms with van der Waals surface area (Å²) in [5.41, 5.74) is 2.00. The van der Waals surface area contributed by atoms with Crippen LogP contribution >= 0.6 is 0 Å². The first-order valence-electron chi connectivity index (χ1n) is 6.10. The van der Waals surface area contributed by atoms with Crippen molar-refractivity contribution in [2.45, 2.75) is 45.6 Å². The molecule has 2 aromatic rings. The minimum atomic E-state index is 0.515. The monoisotopic (exact) mass is 217 g/mol. The Kier molecular flexibility index (Phi) is 3.54. The highest BCUT2D eigenvalue weighted by Gasteiger charge is 2.08. The molecule has 0 spiro atoms. The molecular formula is C13H19N3. The molecule has 0 N–H and O–H groups in total. The third-order valence-corrected chi connectivity index (χ3v) is 3.05. The van der Waals surface area contributed by atoms with Gasteiger partial charge in [-0.05, 0) is 25.5 Å². The summed E-state index contributed by atoms with van der Waals surface area (Å²) in [5, 5.41) is 0. The van der Waals surface area contributed by atoms with Crippen molar-refractivity contribution in [3.63, 3.8) is 0 Å². The van der Waals surface area contributed by atoms with Gasteiger partial charge < -0.3 is 4.57 Å². The summed E-state index contributed by atoms with van der Waals surface area (Å²) in [6.07, 6.45) is 8.80. The molecule has 0 aromatic carbocycles. The highest BCUT2D eigenvalue weighted by molar-refractivity contribution is 5.70. The third-order valence-electron chi connectivity index (χ3n) is 3.05. The number of rotatable bonds is 5. The lowest BCUT2D eigenvalue weighted by atomic mass is 10.1. The standard InChI is InChI=1S/C13H19N3/c1-3-4-5-7-11(2)16-10-15-13-12(16)8-6-9-14-13/h6,8-11H,3-5,7H2,1-2H3. The van der Waals surface area contributed by atoms with Gasteiger partial charge in [0.05, 0.1) is 11.8 Å². The molecule has 3 nitrogen and oxygen atoms in total. The average Bonchev–Trinajstić information content (AvgIpc) is 2.73. The van der Waals surface area contributed by atoms with E-state index in [-0.39, 0.29) is 0 Å². The Morgan fingerprint density at radius 3 is 3.00 bits per heavy atom. The average molecular weight is 217 g/mol. The summed E-state index contributed by atoms with van der Waals surface area (Å²) in [7, 11) is 0. The molecule has 0 fully saturated rings. The number of aromatic nitrogens is 3. The molecule has 0 bridgehead atoms. The first-order chi connectivity index (χ1) is 7.83.